The van der Waals surface area contributed by atoms with E-state index in [0.717, 1.165) is 24.9 Å². The Bertz CT molecular complexity index is 797. The number of fused-ring (bicyclic) bond motifs is 1. The van der Waals surface area contributed by atoms with Crippen LogP contribution >= 0.6 is 0 Å². The minimum atomic E-state index is -0.102. The molecule has 0 unspecified atom stereocenters. The minimum Gasteiger partial charge on any atom is -0.339 e. The van der Waals surface area contributed by atoms with Gasteiger partial charge >= 0.3 is 0 Å². The summed E-state index contributed by atoms with van der Waals surface area (Å²) in [6.07, 6.45) is 5.76. The summed E-state index contributed by atoms with van der Waals surface area (Å²) in [5.74, 6) is -0.160. The van der Waals surface area contributed by atoms with Gasteiger partial charge in [0.05, 0.1) is 11.1 Å². The molecule has 3 rings (SSSR count). The number of anilines is 1. The van der Waals surface area contributed by atoms with Gasteiger partial charge in [-0.3, -0.25) is 14.6 Å². The normalized spacial score (nSPS) is 12.8. The van der Waals surface area contributed by atoms with Crippen molar-refractivity contribution in [2.24, 2.45) is 0 Å². The number of hydrogen-bond donors (Lipinski definition) is 0. The van der Waals surface area contributed by atoms with Crippen LogP contribution in [0.2, 0.25) is 0 Å². The largest absolute Gasteiger partial charge is 0.339 e. The van der Waals surface area contributed by atoms with Gasteiger partial charge in [-0.25, -0.2) is 0 Å². The van der Waals surface area contributed by atoms with Crippen LogP contribution in [0.25, 0.3) is 0 Å². The van der Waals surface area contributed by atoms with E-state index in [4.69, 9.17) is 0 Å². The van der Waals surface area contributed by atoms with Crippen LogP contribution in [0.3, 0.4) is 0 Å². The Hall–Kier alpha value is -2.69. The highest BCUT2D eigenvalue weighted by Crippen LogP contribution is 2.28. The van der Waals surface area contributed by atoms with Crippen LogP contribution < -0.4 is 4.90 Å². The number of rotatable bonds is 6. The van der Waals surface area contributed by atoms with Crippen molar-refractivity contribution in [2.45, 2.75) is 33.1 Å². The average Bonchev–Trinajstić information content (AvgIpc) is 3.11. The first-order valence-corrected chi connectivity index (χ1v) is 9.29. The van der Waals surface area contributed by atoms with Crippen molar-refractivity contribution in [1.29, 1.82) is 0 Å². The van der Waals surface area contributed by atoms with Gasteiger partial charge in [-0.1, -0.05) is 32.0 Å². The summed E-state index contributed by atoms with van der Waals surface area (Å²) in [5.41, 5.74) is 3.07. The summed E-state index contributed by atoms with van der Waals surface area (Å²) in [4.78, 5) is 33.5. The monoisotopic (exact) mass is 351 g/mol. The highest BCUT2D eigenvalue weighted by Gasteiger charge is 2.26. The third-order valence-electron chi connectivity index (χ3n) is 4.64. The Morgan fingerprint density at radius 3 is 2.50 bits per heavy atom. The number of aromatic nitrogens is 1. The number of amides is 2. The zero-order chi connectivity index (χ0) is 18.5. The lowest BCUT2D eigenvalue weighted by atomic mass is 10.1. The molecule has 2 aromatic rings. The van der Waals surface area contributed by atoms with Crippen molar-refractivity contribution in [1.82, 2.24) is 9.88 Å². The van der Waals surface area contributed by atoms with Crippen molar-refractivity contribution >= 4 is 17.5 Å². The molecule has 5 nitrogen and oxygen atoms in total. The molecule has 1 aromatic carbocycles. The van der Waals surface area contributed by atoms with E-state index in [1.54, 1.807) is 23.4 Å². The van der Waals surface area contributed by atoms with Gasteiger partial charge in [0.2, 0.25) is 0 Å². The second-order valence-electron chi connectivity index (χ2n) is 6.59. The van der Waals surface area contributed by atoms with Gasteiger partial charge in [0.15, 0.2) is 0 Å². The first-order chi connectivity index (χ1) is 12.7. The Kier molecular flexibility index (Phi) is 5.66. The molecule has 26 heavy (non-hydrogen) atoms. The van der Waals surface area contributed by atoms with Crippen LogP contribution in [0, 0.1) is 0 Å². The van der Waals surface area contributed by atoms with Gasteiger partial charge < -0.3 is 9.80 Å². The fourth-order valence-electron chi connectivity index (χ4n) is 3.42. The minimum absolute atomic E-state index is 0.0577. The number of nitrogens with zero attached hydrogens (tertiary/aromatic N) is 3. The van der Waals surface area contributed by atoms with E-state index < -0.39 is 0 Å². The molecule has 0 atom stereocenters. The SMILES string of the molecule is CCCN(CCC)C(=O)c1cncc(C(=O)N2CCc3ccccc32)c1. The van der Waals surface area contributed by atoms with Gasteiger partial charge in [0, 0.05) is 37.7 Å². The van der Waals surface area contributed by atoms with Crippen LogP contribution in [0.4, 0.5) is 5.69 Å². The fraction of sp³-hybridized carbons (Fsp3) is 0.381. The molecule has 0 bridgehead atoms. The molecule has 1 aromatic heterocycles. The second-order valence-corrected chi connectivity index (χ2v) is 6.59. The Balaban J connectivity index is 1.83. The lowest BCUT2D eigenvalue weighted by molar-refractivity contribution is 0.0755. The number of pyridine rings is 1. The molecular weight excluding hydrogens is 326 g/mol. The predicted octanol–water partition coefficient (Wildman–Crippen LogP) is 3.55. The topological polar surface area (TPSA) is 53.5 Å². The first-order valence-electron chi connectivity index (χ1n) is 9.29. The van der Waals surface area contributed by atoms with E-state index in [9.17, 15) is 9.59 Å². The van der Waals surface area contributed by atoms with Crippen LogP contribution in [0.1, 0.15) is 53.0 Å². The quantitative estimate of drug-likeness (QED) is 0.800. The van der Waals surface area contributed by atoms with Gasteiger partial charge in [0.1, 0.15) is 0 Å². The summed E-state index contributed by atoms with van der Waals surface area (Å²) in [5, 5.41) is 0. The predicted molar refractivity (Wildman–Crippen MR) is 103 cm³/mol. The van der Waals surface area contributed by atoms with Crippen molar-refractivity contribution in [3.05, 3.63) is 59.4 Å². The molecular formula is C21H25N3O2. The van der Waals surface area contributed by atoms with E-state index in [-0.39, 0.29) is 11.8 Å². The first kappa shape index (κ1) is 18.1. The molecule has 2 heterocycles. The maximum Gasteiger partial charge on any atom is 0.259 e. The van der Waals surface area contributed by atoms with Crippen molar-refractivity contribution in [2.75, 3.05) is 24.5 Å². The highest BCUT2D eigenvalue weighted by atomic mass is 16.2. The Morgan fingerprint density at radius 1 is 1.08 bits per heavy atom. The van der Waals surface area contributed by atoms with E-state index in [1.807, 2.05) is 29.2 Å². The average molecular weight is 351 g/mol. The van der Waals surface area contributed by atoms with Crippen LogP contribution in [0.15, 0.2) is 42.7 Å². The second kappa shape index (κ2) is 8.13. The van der Waals surface area contributed by atoms with Crippen molar-refractivity contribution < 1.29 is 9.59 Å². The molecule has 5 heteroatoms. The molecule has 2 amide bonds. The van der Waals surface area contributed by atoms with Crippen LogP contribution in [-0.2, 0) is 6.42 Å². The molecule has 0 N–H and O–H groups in total. The summed E-state index contributed by atoms with van der Waals surface area (Å²) in [6.45, 7) is 6.20. The summed E-state index contributed by atoms with van der Waals surface area (Å²) < 4.78 is 0. The Labute approximate surface area is 154 Å². The van der Waals surface area contributed by atoms with Gasteiger partial charge in [-0.15, -0.1) is 0 Å². The standard InChI is InChI=1S/C21H25N3O2/c1-3-10-23(11-4-2)20(25)17-13-18(15-22-14-17)21(26)24-12-9-16-7-5-6-8-19(16)24/h5-8,13-15H,3-4,9-12H2,1-2H3. The number of carbonyl (C=O) groups is 2. The van der Waals surface area contributed by atoms with E-state index in [2.05, 4.69) is 18.8 Å². The van der Waals surface area contributed by atoms with Crippen molar-refractivity contribution in [3.63, 3.8) is 0 Å². The van der Waals surface area contributed by atoms with E-state index in [0.29, 0.717) is 30.8 Å². The maximum absolute atomic E-state index is 13.0. The van der Waals surface area contributed by atoms with Gasteiger partial charge in [0.25, 0.3) is 11.8 Å². The molecule has 1 aliphatic heterocycles. The molecule has 0 saturated heterocycles. The number of hydrogen-bond acceptors (Lipinski definition) is 3. The van der Waals surface area contributed by atoms with Crippen LogP contribution in [-0.4, -0.2) is 41.3 Å². The number of carbonyl (C=O) groups excluding carboxylic acids is 2. The molecule has 0 radical (unpaired) electrons. The zero-order valence-electron chi connectivity index (χ0n) is 15.4. The molecule has 0 aliphatic carbocycles. The molecule has 0 saturated carbocycles. The molecule has 0 spiro atoms. The molecule has 1 aliphatic rings. The number of para-hydroxylation sites is 1. The van der Waals surface area contributed by atoms with Gasteiger partial charge in [-0.2, -0.15) is 0 Å². The summed E-state index contributed by atoms with van der Waals surface area (Å²) >= 11 is 0. The van der Waals surface area contributed by atoms with E-state index >= 15 is 0 Å². The fourth-order valence-corrected chi connectivity index (χ4v) is 3.42. The third kappa shape index (κ3) is 3.62. The molecule has 0 fully saturated rings. The van der Waals surface area contributed by atoms with Crippen molar-refractivity contribution in [3.8, 4) is 0 Å². The van der Waals surface area contributed by atoms with Crippen LogP contribution in [0.5, 0.6) is 0 Å². The highest BCUT2D eigenvalue weighted by molar-refractivity contribution is 6.08. The molecule has 136 valence electrons. The maximum atomic E-state index is 13.0. The summed E-state index contributed by atoms with van der Waals surface area (Å²) in [7, 11) is 0. The lowest BCUT2D eigenvalue weighted by Gasteiger charge is -2.22. The number of benzene rings is 1. The van der Waals surface area contributed by atoms with Gasteiger partial charge in [-0.05, 0) is 37.0 Å². The zero-order valence-corrected chi connectivity index (χ0v) is 15.4. The smallest absolute Gasteiger partial charge is 0.259 e. The third-order valence-corrected chi connectivity index (χ3v) is 4.64. The van der Waals surface area contributed by atoms with E-state index in [1.165, 1.54) is 5.56 Å². The Morgan fingerprint density at radius 2 is 1.77 bits per heavy atom. The lowest BCUT2D eigenvalue weighted by Crippen LogP contribution is -2.33. The summed E-state index contributed by atoms with van der Waals surface area (Å²) in [6, 6.07) is 9.62.